The molecular weight excluding hydrogens is 336 g/mol. The molecule has 0 saturated carbocycles. The van der Waals surface area contributed by atoms with Gasteiger partial charge in [0.1, 0.15) is 0 Å². The van der Waals surface area contributed by atoms with Crippen LogP contribution in [0.15, 0.2) is 52.2 Å². The Labute approximate surface area is 132 Å². The summed E-state index contributed by atoms with van der Waals surface area (Å²) >= 11 is 8.47. The first-order chi connectivity index (χ1) is 9.70. The predicted octanol–water partition coefficient (Wildman–Crippen LogP) is 3.06. The highest BCUT2D eigenvalue weighted by atomic mass is 79.9. The van der Waals surface area contributed by atoms with Crippen molar-refractivity contribution < 1.29 is 0 Å². The number of hydrogen-bond donors (Lipinski definition) is 2. The number of thiocarbonyl (C=S) groups is 1. The lowest BCUT2D eigenvalue weighted by Gasteiger charge is -2.07. The summed E-state index contributed by atoms with van der Waals surface area (Å²) in [6.07, 6.45) is 3.74. The van der Waals surface area contributed by atoms with Gasteiger partial charge in [-0.3, -0.25) is 5.43 Å². The topological polar surface area (TPSA) is 41.4 Å². The third-order valence-electron chi connectivity index (χ3n) is 2.59. The molecule has 2 rings (SSSR count). The molecule has 0 aliphatic carbocycles. The second-order valence-electron chi connectivity index (χ2n) is 4.01. The van der Waals surface area contributed by atoms with Gasteiger partial charge < -0.3 is 9.88 Å². The van der Waals surface area contributed by atoms with Crippen LogP contribution in [0.4, 0.5) is 0 Å². The molecule has 20 heavy (non-hydrogen) atoms. The van der Waals surface area contributed by atoms with Crippen LogP contribution in [0, 0.1) is 0 Å². The zero-order chi connectivity index (χ0) is 14.4. The lowest BCUT2D eigenvalue weighted by atomic mass is 10.3. The standard InChI is InChI=1S/C14H15BrN4S/c1-2-16-14(20)18-17-10-13-4-3-9-19(13)12-7-5-11(15)6-8-12/h3-10H,2H2,1H3,(H2,16,18,20). The molecule has 2 aromatic rings. The first kappa shape index (κ1) is 14.7. The van der Waals surface area contributed by atoms with E-state index in [-0.39, 0.29) is 0 Å². The summed E-state index contributed by atoms with van der Waals surface area (Å²) in [4.78, 5) is 0. The van der Waals surface area contributed by atoms with Crippen molar-refractivity contribution in [1.82, 2.24) is 15.3 Å². The molecule has 0 fully saturated rings. The van der Waals surface area contributed by atoms with Gasteiger partial charge in [0.15, 0.2) is 5.11 Å². The van der Waals surface area contributed by atoms with Crippen molar-refractivity contribution in [2.24, 2.45) is 5.10 Å². The molecule has 2 N–H and O–H groups in total. The van der Waals surface area contributed by atoms with E-state index in [0.717, 1.165) is 22.4 Å². The molecule has 0 aliphatic rings. The van der Waals surface area contributed by atoms with Crippen molar-refractivity contribution in [2.75, 3.05) is 6.54 Å². The number of nitrogens with zero attached hydrogens (tertiary/aromatic N) is 2. The Balaban J connectivity index is 2.11. The minimum atomic E-state index is 0.519. The number of halogens is 1. The third kappa shape index (κ3) is 3.91. The lowest BCUT2D eigenvalue weighted by molar-refractivity contribution is 0.902. The fraction of sp³-hybridized carbons (Fsp3) is 0.143. The summed E-state index contributed by atoms with van der Waals surface area (Å²) < 4.78 is 3.11. The predicted molar refractivity (Wildman–Crippen MR) is 90.5 cm³/mol. The maximum absolute atomic E-state index is 5.04. The van der Waals surface area contributed by atoms with Gasteiger partial charge in [0.25, 0.3) is 0 Å². The number of aromatic nitrogens is 1. The van der Waals surface area contributed by atoms with E-state index in [1.54, 1.807) is 6.21 Å². The average molecular weight is 351 g/mol. The zero-order valence-electron chi connectivity index (χ0n) is 11.0. The maximum atomic E-state index is 5.04. The third-order valence-corrected chi connectivity index (χ3v) is 3.35. The largest absolute Gasteiger partial charge is 0.362 e. The van der Waals surface area contributed by atoms with Gasteiger partial charge in [-0.2, -0.15) is 5.10 Å². The van der Waals surface area contributed by atoms with Crippen LogP contribution in [-0.4, -0.2) is 22.4 Å². The van der Waals surface area contributed by atoms with E-state index in [4.69, 9.17) is 12.2 Å². The van der Waals surface area contributed by atoms with E-state index < -0.39 is 0 Å². The number of nitrogens with one attached hydrogen (secondary N) is 2. The van der Waals surface area contributed by atoms with E-state index in [1.807, 2.05) is 54.1 Å². The normalized spacial score (nSPS) is 10.7. The lowest BCUT2D eigenvalue weighted by Crippen LogP contribution is -2.31. The molecule has 0 saturated heterocycles. The minimum absolute atomic E-state index is 0.519. The van der Waals surface area contributed by atoms with E-state index in [1.165, 1.54) is 0 Å². The van der Waals surface area contributed by atoms with Crippen molar-refractivity contribution in [2.45, 2.75) is 6.92 Å². The number of rotatable bonds is 4. The molecule has 0 radical (unpaired) electrons. The summed E-state index contributed by atoms with van der Waals surface area (Å²) in [6.45, 7) is 2.76. The van der Waals surface area contributed by atoms with Crippen LogP contribution in [0.25, 0.3) is 5.69 Å². The van der Waals surface area contributed by atoms with Crippen LogP contribution in [0.3, 0.4) is 0 Å². The van der Waals surface area contributed by atoms with Crippen LogP contribution in [0.5, 0.6) is 0 Å². The average Bonchev–Trinajstić information content (AvgIpc) is 2.88. The summed E-state index contributed by atoms with van der Waals surface area (Å²) in [6, 6.07) is 12.1. The molecule has 0 unspecified atom stereocenters. The van der Waals surface area contributed by atoms with Crippen LogP contribution in [0.2, 0.25) is 0 Å². The van der Waals surface area contributed by atoms with Crippen molar-refractivity contribution >= 4 is 39.5 Å². The highest BCUT2D eigenvalue weighted by Gasteiger charge is 2.01. The van der Waals surface area contributed by atoms with Crippen molar-refractivity contribution in [1.29, 1.82) is 0 Å². The van der Waals surface area contributed by atoms with E-state index in [9.17, 15) is 0 Å². The smallest absolute Gasteiger partial charge is 0.186 e. The van der Waals surface area contributed by atoms with Gasteiger partial charge in [0, 0.05) is 22.9 Å². The summed E-state index contributed by atoms with van der Waals surface area (Å²) in [5.41, 5.74) is 4.83. The second-order valence-corrected chi connectivity index (χ2v) is 5.33. The Morgan fingerprint density at radius 2 is 2.10 bits per heavy atom. The van der Waals surface area contributed by atoms with Crippen LogP contribution in [-0.2, 0) is 0 Å². The molecule has 0 spiro atoms. The Bertz CT molecular complexity index is 604. The van der Waals surface area contributed by atoms with E-state index in [2.05, 4.69) is 31.8 Å². The van der Waals surface area contributed by atoms with E-state index >= 15 is 0 Å². The quantitative estimate of drug-likeness (QED) is 0.505. The monoisotopic (exact) mass is 350 g/mol. The molecule has 1 aromatic heterocycles. The van der Waals surface area contributed by atoms with Crippen LogP contribution in [0.1, 0.15) is 12.6 Å². The number of benzene rings is 1. The molecule has 1 aromatic carbocycles. The first-order valence-electron chi connectivity index (χ1n) is 6.21. The number of hydrazone groups is 1. The zero-order valence-corrected chi connectivity index (χ0v) is 13.4. The molecule has 6 heteroatoms. The van der Waals surface area contributed by atoms with E-state index in [0.29, 0.717) is 5.11 Å². The van der Waals surface area contributed by atoms with Crippen LogP contribution >= 0.6 is 28.1 Å². The van der Waals surface area contributed by atoms with Gasteiger partial charge >= 0.3 is 0 Å². The Morgan fingerprint density at radius 1 is 1.35 bits per heavy atom. The Morgan fingerprint density at radius 3 is 2.80 bits per heavy atom. The van der Waals surface area contributed by atoms with Gasteiger partial charge in [-0.25, -0.2) is 0 Å². The molecule has 0 atom stereocenters. The Hall–Kier alpha value is -1.66. The molecular formula is C14H15BrN4S. The number of hydrogen-bond acceptors (Lipinski definition) is 2. The van der Waals surface area contributed by atoms with Crippen LogP contribution < -0.4 is 10.7 Å². The van der Waals surface area contributed by atoms with Crippen molar-refractivity contribution in [3.8, 4) is 5.69 Å². The van der Waals surface area contributed by atoms with Crippen molar-refractivity contribution in [3.63, 3.8) is 0 Å². The molecule has 104 valence electrons. The highest BCUT2D eigenvalue weighted by molar-refractivity contribution is 9.10. The first-order valence-corrected chi connectivity index (χ1v) is 7.41. The van der Waals surface area contributed by atoms with Gasteiger partial charge in [-0.1, -0.05) is 15.9 Å². The molecule has 0 amide bonds. The Kier molecular flexibility index (Phi) is 5.31. The summed E-state index contributed by atoms with van der Waals surface area (Å²) in [5, 5.41) is 7.62. The minimum Gasteiger partial charge on any atom is -0.362 e. The maximum Gasteiger partial charge on any atom is 0.186 e. The summed E-state index contributed by atoms with van der Waals surface area (Å²) in [5.74, 6) is 0. The SMILES string of the molecule is CCNC(=S)NN=Cc1cccn1-c1ccc(Br)cc1. The highest BCUT2D eigenvalue weighted by Crippen LogP contribution is 2.15. The van der Waals surface area contributed by atoms with Gasteiger partial charge in [-0.05, 0) is 55.5 Å². The summed E-state index contributed by atoms with van der Waals surface area (Å²) in [7, 11) is 0. The van der Waals surface area contributed by atoms with Gasteiger partial charge in [-0.15, -0.1) is 0 Å². The fourth-order valence-electron chi connectivity index (χ4n) is 1.69. The molecule has 1 heterocycles. The molecule has 0 aliphatic heterocycles. The van der Waals surface area contributed by atoms with Gasteiger partial charge in [0.05, 0.1) is 11.9 Å². The molecule has 0 bridgehead atoms. The van der Waals surface area contributed by atoms with Gasteiger partial charge in [0.2, 0.25) is 0 Å². The molecule has 4 nitrogen and oxygen atoms in total. The van der Waals surface area contributed by atoms with Crippen molar-refractivity contribution in [3.05, 3.63) is 52.8 Å². The fourth-order valence-corrected chi connectivity index (χ4v) is 2.15. The second kappa shape index (κ2) is 7.21.